The fourth-order valence-corrected chi connectivity index (χ4v) is 5.94. The van der Waals surface area contributed by atoms with Gasteiger partial charge in [-0.2, -0.15) is 10.2 Å². The van der Waals surface area contributed by atoms with Crippen LogP contribution in [0.4, 0.5) is 0 Å². The predicted octanol–water partition coefficient (Wildman–Crippen LogP) is 5.41. The van der Waals surface area contributed by atoms with Gasteiger partial charge in [0.2, 0.25) is 0 Å². The Bertz CT molecular complexity index is 1440. The quantitative estimate of drug-likeness (QED) is 0.421. The lowest BCUT2D eigenvalue weighted by Gasteiger charge is -2.41. The summed E-state index contributed by atoms with van der Waals surface area (Å²) in [5.74, 6) is 0.727. The van der Waals surface area contributed by atoms with Crippen LogP contribution in [0.1, 0.15) is 80.7 Å². The van der Waals surface area contributed by atoms with Crippen molar-refractivity contribution in [1.82, 2.24) is 19.6 Å². The van der Waals surface area contributed by atoms with Gasteiger partial charge in [0.15, 0.2) is 5.82 Å². The maximum Gasteiger partial charge on any atom is 0.338 e. The third-order valence-electron chi connectivity index (χ3n) is 8.25. The van der Waals surface area contributed by atoms with Crippen LogP contribution < -0.4 is 0 Å². The molecule has 1 atom stereocenters. The van der Waals surface area contributed by atoms with Crippen molar-refractivity contribution in [2.45, 2.75) is 90.1 Å². The number of ether oxygens (including phenoxy) is 1. The highest BCUT2D eigenvalue weighted by Gasteiger charge is 2.48. The van der Waals surface area contributed by atoms with Gasteiger partial charge in [-0.15, -0.1) is 5.10 Å². The smallest absolute Gasteiger partial charge is 0.338 e. The van der Waals surface area contributed by atoms with Crippen LogP contribution in [-0.2, 0) is 27.8 Å². The van der Waals surface area contributed by atoms with Crippen LogP contribution >= 0.6 is 0 Å². The van der Waals surface area contributed by atoms with Crippen molar-refractivity contribution in [3.05, 3.63) is 70.0 Å². The number of hydrogen-bond acceptors (Lipinski definition) is 7. The summed E-state index contributed by atoms with van der Waals surface area (Å²) >= 11 is 0. The molecule has 1 N–H and O–H groups in total. The molecule has 198 valence electrons. The van der Waals surface area contributed by atoms with Crippen molar-refractivity contribution in [2.75, 3.05) is 0 Å². The fourth-order valence-electron chi connectivity index (χ4n) is 5.94. The number of cyclic esters (lactones) is 1. The molecule has 0 saturated heterocycles. The van der Waals surface area contributed by atoms with E-state index in [1.54, 1.807) is 4.52 Å². The average molecular weight is 514 g/mol. The highest BCUT2D eigenvalue weighted by Crippen LogP contribution is 2.46. The Hall–Kier alpha value is -3.73. The van der Waals surface area contributed by atoms with Gasteiger partial charge in [0, 0.05) is 24.2 Å². The van der Waals surface area contributed by atoms with E-state index in [1.165, 1.54) is 0 Å². The standard InChI is InChI=1S/C30H35N5O3/c1-19-15-20(2)35-28(32-19)33-26(34-35)16-24-25(36)17-30(38-27(24)37,23-7-5-6-8-23)14-13-21-9-11-22(12-10-21)29(3,4)18-31/h9-12,15,23,36H,5-8,13-14,16-17H2,1-4H3/t30-/m1/s1. The monoisotopic (exact) mass is 513 g/mol. The molecule has 38 heavy (non-hydrogen) atoms. The van der Waals surface area contributed by atoms with Crippen molar-refractivity contribution < 1.29 is 14.6 Å². The number of carbonyl (C=O) groups excluding carboxylic acids is 1. The van der Waals surface area contributed by atoms with E-state index in [2.05, 4.69) is 33.3 Å². The van der Waals surface area contributed by atoms with Crippen molar-refractivity contribution in [1.29, 1.82) is 5.26 Å². The molecule has 1 saturated carbocycles. The summed E-state index contributed by atoms with van der Waals surface area (Å²) in [6.07, 6.45) is 5.96. The van der Waals surface area contributed by atoms with Crippen LogP contribution in [0.3, 0.4) is 0 Å². The molecule has 0 amide bonds. The average Bonchev–Trinajstić information content (AvgIpc) is 3.56. The Morgan fingerprint density at radius 3 is 2.55 bits per heavy atom. The fraction of sp³-hybridized carbons (Fsp3) is 0.500. The Labute approximate surface area is 223 Å². The maximum atomic E-state index is 13.4. The van der Waals surface area contributed by atoms with Gasteiger partial charge >= 0.3 is 5.97 Å². The van der Waals surface area contributed by atoms with Crippen molar-refractivity contribution in [3.8, 4) is 6.07 Å². The van der Waals surface area contributed by atoms with Gasteiger partial charge in [-0.1, -0.05) is 37.1 Å². The van der Waals surface area contributed by atoms with E-state index in [0.717, 1.165) is 54.6 Å². The first-order valence-electron chi connectivity index (χ1n) is 13.5. The van der Waals surface area contributed by atoms with Gasteiger partial charge in [0.1, 0.15) is 11.4 Å². The number of rotatable bonds is 7. The number of aromatic nitrogens is 4. The third-order valence-corrected chi connectivity index (χ3v) is 8.25. The molecule has 0 spiro atoms. The molecule has 3 aromatic rings. The minimum absolute atomic E-state index is 0.0824. The number of aryl methyl sites for hydroxylation is 3. The molecule has 5 rings (SSSR count). The number of aliphatic hydroxyl groups is 1. The molecule has 2 aliphatic rings. The van der Waals surface area contributed by atoms with E-state index >= 15 is 0 Å². The maximum absolute atomic E-state index is 13.4. The van der Waals surface area contributed by atoms with Crippen LogP contribution in [0.15, 0.2) is 41.7 Å². The van der Waals surface area contributed by atoms with Gasteiger partial charge in [-0.05, 0) is 76.5 Å². The topological polar surface area (TPSA) is 113 Å². The van der Waals surface area contributed by atoms with Gasteiger partial charge in [-0.25, -0.2) is 14.3 Å². The predicted molar refractivity (Wildman–Crippen MR) is 142 cm³/mol. The molecule has 1 fully saturated rings. The number of esters is 1. The minimum atomic E-state index is -0.729. The molecule has 2 aromatic heterocycles. The number of benzene rings is 1. The molecule has 3 heterocycles. The number of nitrogens with zero attached hydrogens (tertiary/aromatic N) is 5. The van der Waals surface area contributed by atoms with Crippen LogP contribution in [-0.4, -0.2) is 36.3 Å². The third kappa shape index (κ3) is 4.90. The summed E-state index contributed by atoms with van der Waals surface area (Å²) in [7, 11) is 0. The Balaban J connectivity index is 1.38. The molecule has 8 nitrogen and oxygen atoms in total. The first-order valence-corrected chi connectivity index (χ1v) is 13.5. The largest absolute Gasteiger partial charge is 0.512 e. The van der Waals surface area contributed by atoms with Crippen molar-refractivity contribution in [3.63, 3.8) is 0 Å². The first kappa shape index (κ1) is 25.9. The first-order chi connectivity index (χ1) is 18.1. The lowest BCUT2D eigenvalue weighted by Crippen LogP contribution is -2.46. The molecule has 0 unspecified atom stereocenters. The second kappa shape index (κ2) is 9.86. The minimum Gasteiger partial charge on any atom is -0.512 e. The highest BCUT2D eigenvalue weighted by atomic mass is 16.6. The van der Waals surface area contributed by atoms with Crippen molar-refractivity contribution >= 4 is 11.7 Å². The normalized spacial score (nSPS) is 20.7. The van der Waals surface area contributed by atoms with E-state index in [0.29, 0.717) is 24.4 Å². The van der Waals surface area contributed by atoms with Crippen LogP contribution in [0, 0.1) is 31.1 Å². The second-order valence-electron chi connectivity index (χ2n) is 11.4. The Morgan fingerprint density at radius 2 is 1.89 bits per heavy atom. The summed E-state index contributed by atoms with van der Waals surface area (Å²) in [4.78, 5) is 22.3. The Morgan fingerprint density at radius 1 is 1.18 bits per heavy atom. The van der Waals surface area contributed by atoms with E-state index in [4.69, 9.17) is 4.74 Å². The molecule has 1 aliphatic heterocycles. The summed E-state index contributed by atoms with van der Waals surface area (Å²) in [6.45, 7) is 7.65. The summed E-state index contributed by atoms with van der Waals surface area (Å²) < 4.78 is 7.92. The van der Waals surface area contributed by atoms with E-state index in [-0.39, 0.29) is 23.7 Å². The summed E-state index contributed by atoms with van der Waals surface area (Å²) in [5, 5.41) is 25.1. The van der Waals surface area contributed by atoms with Crippen LogP contribution in [0.2, 0.25) is 0 Å². The zero-order chi connectivity index (χ0) is 27.1. The van der Waals surface area contributed by atoms with Gasteiger partial charge < -0.3 is 9.84 Å². The molecule has 1 aliphatic carbocycles. The Kier molecular flexibility index (Phi) is 6.72. The van der Waals surface area contributed by atoms with Gasteiger partial charge in [0.25, 0.3) is 5.78 Å². The van der Waals surface area contributed by atoms with Gasteiger partial charge in [-0.3, -0.25) is 0 Å². The number of nitriles is 1. The molecular weight excluding hydrogens is 478 g/mol. The highest BCUT2D eigenvalue weighted by molar-refractivity contribution is 5.90. The van der Waals surface area contributed by atoms with E-state index < -0.39 is 17.0 Å². The number of carbonyl (C=O) groups is 1. The van der Waals surface area contributed by atoms with E-state index in [9.17, 15) is 15.2 Å². The molecule has 0 bridgehead atoms. The molecule has 0 radical (unpaired) electrons. The summed E-state index contributed by atoms with van der Waals surface area (Å²) in [6, 6.07) is 12.4. The van der Waals surface area contributed by atoms with Gasteiger partial charge in [0.05, 0.1) is 17.1 Å². The number of hydrogen-bond donors (Lipinski definition) is 1. The zero-order valence-corrected chi connectivity index (χ0v) is 22.6. The van der Waals surface area contributed by atoms with E-state index in [1.807, 2.05) is 45.9 Å². The number of fused-ring (bicyclic) bond motifs is 1. The van der Waals surface area contributed by atoms with Crippen LogP contribution in [0.5, 0.6) is 0 Å². The van der Waals surface area contributed by atoms with Crippen LogP contribution in [0.25, 0.3) is 5.78 Å². The summed E-state index contributed by atoms with van der Waals surface area (Å²) in [5.41, 5.74) is 2.80. The number of aliphatic hydroxyl groups excluding tert-OH is 1. The SMILES string of the molecule is Cc1cc(C)n2nc(CC3=C(O)C[C@](CCc4ccc(C(C)(C)C#N)cc4)(C4CCCC4)OC3=O)nc2n1. The lowest BCUT2D eigenvalue weighted by atomic mass is 9.76. The lowest BCUT2D eigenvalue weighted by molar-refractivity contribution is -0.167. The molecule has 8 heteroatoms. The molecular formula is C30H35N5O3. The molecule has 1 aromatic carbocycles. The zero-order valence-electron chi connectivity index (χ0n) is 22.6. The van der Waals surface area contributed by atoms with Crippen molar-refractivity contribution in [2.24, 2.45) is 5.92 Å². The second-order valence-corrected chi connectivity index (χ2v) is 11.4.